The van der Waals surface area contributed by atoms with Crippen molar-refractivity contribution in [2.75, 3.05) is 6.54 Å². The molecule has 1 unspecified atom stereocenters. The third-order valence-corrected chi connectivity index (χ3v) is 2.59. The van der Waals surface area contributed by atoms with Crippen LogP contribution in [0, 0.1) is 5.92 Å². The molecule has 0 radical (unpaired) electrons. The topological polar surface area (TPSA) is 50.1 Å². The normalized spacial score (nSPS) is 24.8. The molecule has 2 aliphatic rings. The van der Waals surface area contributed by atoms with Crippen molar-refractivity contribution in [2.24, 2.45) is 11.8 Å². The van der Waals surface area contributed by atoms with E-state index >= 15 is 0 Å². The van der Waals surface area contributed by atoms with Crippen molar-refractivity contribution in [3.8, 4) is 0 Å². The Labute approximate surface area is 78.4 Å². The summed E-state index contributed by atoms with van der Waals surface area (Å²) in [5, 5.41) is 3.30. The molecule has 0 bridgehead atoms. The highest BCUT2D eigenvalue weighted by atomic mass is 15.2. The summed E-state index contributed by atoms with van der Waals surface area (Å²) in [6.45, 7) is 0.848. The molecule has 0 saturated carbocycles. The van der Waals surface area contributed by atoms with Crippen molar-refractivity contribution in [3.63, 3.8) is 0 Å². The van der Waals surface area contributed by atoms with Gasteiger partial charge in [-0.25, -0.2) is 0 Å². The van der Waals surface area contributed by atoms with Gasteiger partial charge in [-0.05, 0) is 24.5 Å². The highest BCUT2D eigenvalue weighted by Crippen LogP contribution is 2.31. The van der Waals surface area contributed by atoms with E-state index in [9.17, 15) is 0 Å². The van der Waals surface area contributed by atoms with E-state index in [0.29, 0.717) is 5.92 Å². The van der Waals surface area contributed by atoms with Crippen LogP contribution < -0.4 is 16.6 Å². The molecule has 0 saturated heterocycles. The SMILES string of the molecule is NNCCC1=CNC2=CC=CCC12. The minimum absolute atomic E-state index is 0.582. The van der Waals surface area contributed by atoms with Crippen molar-refractivity contribution >= 4 is 0 Å². The van der Waals surface area contributed by atoms with Crippen molar-refractivity contribution in [3.05, 3.63) is 35.7 Å². The van der Waals surface area contributed by atoms with E-state index < -0.39 is 0 Å². The van der Waals surface area contributed by atoms with Crippen LogP contribution in [0.1, 0.15) is 12.8 Å². The van der Waals surface area contributed by atoms with Crippen molar-refractivity contribution in [1.29, 1.82) is 0 Å². The quantitative estimate of drug-likeness (QED) is 0.441. The van der Waals surface area contributed by atoms with Crippen LogP contribution in [-0.4, -0.2) is 6.54 Å². The Morgan fingerprint density at radius 2 is 2.54 bits per heavy atom. The first kappa shape index (κ1) is 8.53. The molecule has 13 heavy (non-hydrogen) atoms. The molecule has 1 aliphatic heterocycles. The maximum absolute atomic E-state index is 5.25. The van der Waals surface area contributed by atoms with Gasteiger partial charge in [0.2, 0.25) is 0 Å². The lowest BCUT2D eigenvalue weighted by Gasteiger charge is -2.16. The summed E-state index contributed by atoms with van der Waals surface area (Å²) < 4.78 is 0. The smallest absolute Gasteiger partial charge is 0.0252 e. The second-order valence-corrected chi connectivity index (χ2v) is 3.41. The van der Waals surface area contributed by atoms with Gasteiger partial charge in [0.15, 0.2) is 0 Å². The molecule has 0 fully saturated rings. The van der Waals surface area contributed by atoms with Crippen molar-refractivity contribution < 1.29 is 0 Å². The molecular formula is C10H15N3. The Morgan fingerprint density at radius 1 is 1.62 bits per heavy atom. The molecule has 2 rings (SSSR count). The molecule has 4 N–H and O–H groups in total. The summed E-state index contributed by atoms with van der Waals surface area (Å²) >= 11 is 0. The number of hydrogen-bond donors (Lipinski definition) is 3. The van der Waals surface area contributed by atoms with Crippen LogP contribution in [0.3, 0.4) is 0 Å². The van der Waals surface area contributed by atoms with E-state index in [1.54, 1.807) is 0 Å². The van der Waals surface area contributed by atoms with Gasteiger partial charge >= 0.3 is 0 Å². The van der Waals surface area contributed by atoms with Gasteiger partial charge < -0.3 is 5.32 Å². The lowest BCUT2D eigenvalue weighted by molar-refractivity contribution is 0.649. The lowest BCUT2D eigenvalue weighted by Crippen LogP contribution is -2.24. The predicted octanol–water partition coefficient (Wildman–Crippen LogP) is 0.787. The molecule has 1 heterocycles. The minimum atomic E-state index is 0.582. The summed E-state index contributed by atoms with van der Waals surface area (Å²) in [7, 11) is 0. The van der Waals surface area contributed by atoms with Crippen molar-refractivity contribution in [1.82, 2.24) is 10.7 Å². The van der Waals surface area contributed by atoms with Crippen LogP contribution in [0.25, 0.3) is 0 Å². The van der Waals surface area contributed by atoms with Crippen LogP contribution in [-0.2, 0) is 0 Å². The van der Waals surface area contributed by atoms with Gasteiger partial charge in [-0.2, -0.15) is 0 Å². The Bertz CT molecular complexity index is 276. The molecule has 3 nitrogen and oxygen atoms in total. The van der Waals surface area contributed by atoms with Gasteiger partial charge in [0.05, 0.1) is 0 Å². The summed E-state index contributed by atoms with van der Waals surface area (Å²) in [6, 6.07) is 0. The second kappa shape index (κ2) is 3.77. The standard InChI is InChI=1S/C10H15N3/c11-13-6-5-8-7-12-10-4-2-1-3-9(8)10/h1-2,4,7,9,12-13H,3,5-6,11H2. The first-order chi connectivity index (χ1) is 6.42. The molecule has 0 aromatic heterocycles. The molecule has 0 spiro atoms. The molecule has 70 valence electrons. The average Bonchev–Trinajstić information content (AvgIpc) is 2.58. The van der Waals surface area contributed by atoms with E-state index in [0.717, 1.165) is 19.4 Å². The highest BCUT2D eigenvalue weighted by molar-refractivity contribution is 5.34. The summed E-state index contributed by atoms with van der Waals surface area (Å²) in [6.07, 6.45) is 10.7. The fourth-order valence-corrected chi connectivity index (χ4v) is 1.87. The average molecular weight is 177 g/mol. The van der Waals surface area contributed by atoms with Crippen LogP contribution in [0.15, 0.2) is 35.7 Å². The zero-order valence-electron chi connectivity index (χ0n) is 7.59. The predicted molar refractivity (Wildman–Crippen MR) is 53.4 cm³/mol. The van der Waals surface area contributed by atoms with E-state index in [1.165, 1.54) is 11.3 Å². The molecular weight excluding hydrogens is 162 g/mol. The first-order valence-corrected chi connectivity index (χ1v) is 4.67. The first-order valence-electron chi connectivity index (χ1n) is 4.67. The third kappa shape index (κ3) is 1.66. The van der Waals surface area contributed by atoms with Crippen LogP contribution >= 0.6 is 0 Å². The summed E-state index contributed by atoms with van der Waals surface area (Å²) in [5.74, 6) is 5.83. The number of nitrogens with two attached hydrogens (primary N) is 1. The van der Waals surface area contributed by atoms with Crippen molar-refractivity contribution in [2.45, 2.75) is 12.8 Å². The fourth-order valence-electron chi connectivity index (χ4n) is 1.87. The second-order valence-electron chi connectivity index (χ2n) is 3.41. The van der Waals surface area contributed by atoms with Crippen LogP contribution in [0.5, 0.6) is 0 Å². The van der Waals surface area contributed by atoms with Crippen LogP contribution in [0.2, 0.25) is 0 Å². The summed E-state index contributed by atoms with van der Waals surface area (Å²) in [5.41, 5.74) is 5.46. The number of allylic oxidation sites excluding steroid dienone is 4. The molecule has 3 heteroatoms. The lowest BCUT2D eigenvalue weighted by atomic mass is 9.90. The third-order valence-electron chi connectivity index (χ3n) is 2.59. The zero-order valence-corrected chi connectivity index (χ0v) is 7.59. The van der Waals surface area contributed by atoms with Gasteiger partial charge in [0.25, 0.3) is 0 Å². The number of hydrazine groups is 1. The van der Waals surface area contributed by atoms with E-state index in [-0.39, 0.29) is 0 Å². The van der Waals surface area contributed by atoms with E-state index in [1.807, 2.05) is 0 Å². The van der Waals surface area contributed by atoms with Gasteiger partial charge in [-0.3, -0.25) is 11.3 Å². The minimum Gasteiger partial charge on any atom is -0.365 e. The number of nitrogens with one attached hydrogen (secondary N) is 2. The monoisotopic (exact) mass is 177 g/mol. The molecule has 0 amide bonds. The highest BCUT2D eigenvalue weighted by Gasteiger charge is 2.23. The van der Waals surface area contributed by atoms with Gasteiger partial charge in [0.1, 0.15) is 0 Å². The van der Waals surface area contributed by atoms with Gasteiger partial charge in [-0.15, -0.1) is 0 Å². The maximum Gasteiger partial charge on any atom is 0.0252 e. The number of hydrogen-bond acceptors (Lipinski definition) is 3. The largest absolute Gasteiger partial charge is 0.365 e. The molecule has 1 aliphatic carbocycles. The molecule has 0 aromatic rings. The van der Waals surface area contributed by atoms with E-state index in [2.05, 4.69) is 35.2 Å². The van der Waals surface area contributed by atoms with E-state index in [4.69, 9.17) is 5.84 Å². The Morgan fingerprint density at radius 3 is 3.38 bits per heavy atom. The van der Waals surface area contributed by atoms with Gasteiger partial charge in [-0.1, -0.05) is 12.2 Å². The number of rotatable bonds is 3. The van der Waals surface area contributed by atoms with Gasteiger partial charge in [0, 0.05) is 24.4 Å². The van der Waals surface area contributed by atoms with Crippen LogP contribution in [0.4, 0.5) is 0 Å². The number of fused-ring (bicyclic) bond motifs is 1. The fraction of sp³-hybridized carbons (Fsp3) is 0.400. The Hall–Kier alpha value is -1.06. The maximum atomic E-state index is 5.25. The molecule has 0 aromatic carbocycles. The summed E-state index contributed by atoms with van der Waals surface area (Å²) in [4.78, 5) is 0. The Kier molecular flexibility index (Phi) is 2.47. The Balaban J connectivity index is 2.00. The molecule has 1 atom stereocenters. The zero-order chi connectivity index (χ0) is 9.10.